The van der Waals surface area contributed by atoms with E-state index in [9.17, 15) is 0 Å². The lowest BCUT2D eigenvalue weighted by Gasteiger charge is -2.43. The van der Waals surface area contributed by atoms with Crippen LogP contribution in [0.3, 0.4) is 0 Å². The maximum Gasteiger partial charge on any atom is 0.0877 e. The molecule has 0 spiro atoms. The Kier molecular flexibility index (Phi) is 4.77. The highest BCUT2D eigenvalue weighted by atomic mass is 16.6. The summed E-state index contributed by atoms with van der Waals surface area (Å²) in [6.45, 7) is 8.89. The van der Waals surface area contributed by atoms with Crippen molar-refractivity contribution in [2.45, 2.75) is 50.1 Å². The van der Waals surface area contributed by atoms with Crippen LogP contribution in [0.5, 0.6) is 0 Å². The van der Waals surface area contributed by atoms with Crippen LogP contribution in [0.4, 0.5) is 0 Å². The van der Waals surface area contributed by atoms with Crippen LogP contribution in [0.2, 0.25) is 0 Å². The zero-order chi connectivity index (χ0) is 12.1. The van der Waals surface area contributed by atoms with Crippen molar-refractivity contribution in [1.82, 2.24) is 0 Å². The van der Waals surface area contributed by atoms with Gasteiger partial charge in [0, 0.05) is 13.0 Å². The van der Waals surface area contributed by atoms with Gasteiger partial charge in [0.2, 0.25) is 0 Å². The summed E-state index contributed by atoms with van der Waals surface area (Å²) in [7, 11) is 0. The highest BCUT2D eigenvalue weighted by Gasteiger charge is 2.39. The zero-order valence-corrected chi connectivity index (χ0v) is 10.3. The molecule has 2 rings (SSSR count). The van der Waals surface area contributed by atoms with Crippen LogP contribution < -0.4 is 0 Å². The van der Waals surface area contributed by atoms with Gasteiger partial charge >= 0.3 is 0 Å². The van der Waals surface area contributed by atoms with Crippen LogP contribution in [0.15, 0.2) is 25.3 Å². The quantitative estimate of drug-likeness (QED) is 0.689. The molecule has 0 N–H and O–H groups in total. The van der Waals surface area contributed by atoms with E-state index in [4.69, 9.17) is 14.2 Å². The summed E-state index contributed by atoms with van der Waals surface area (Å²) < 4.78 is 17.6. The van der Waals surface area contributed by atoms with Gasteiger partial charge in [-0.25, -0.2) is 0 Å². The Morgan fingerprint density at radius 1 is 1.24 bits per heavy atom. The average Bonchev–Trinajstić information content (AvgIpc) is 2.36. The Balaban J connectivity index is 1.96. The molecule has 3 nitrogen and oxygen atoms in total. The van der Waals surface area contributed by atoms with E-state index in [0.717, 1.165) is 32.3 Å². The predicted molar refractivity (Wildman–Crippen MR) is 67.0 cm³/mol. The molecule has 2 heterocycles. The van der Waals surface area contributed by atoms with Crippen molar-refractivity contribution in [3.05, 3.63) is 25.3 Å². The van der Waals surface area contributed by atoms with Crippen molar-refractivity contribution in [3.63, 3.8) is 0 Å². The summed E-state index contributed by atoms with van der Waals surface area (Å²) in [5, 5.41) is 0. The minimum absolute atomic E-state index is 0.102. The summed E-state index contributed by atoms with van der Waals surface area (Å²) in [6, 6.07) is 0. The van der Waals surface area contributed by atoms with Crippen molar-refractivity contribution in [1.29, 1.82) is 0 Å². The van der Waals surface area contributed by atoms with Gasteiger partial charge in [-0.05, 0) is 19.3 Å². The second kappa shape index (κ2) is 6.34. The zero-order valence-electron chi connectivity index (χ0n) is 10.3. The van der Waals surface area contributed by atoms with E-state index in [2.05, 4.69) is 13.2 Å². The second-order valence-electron chi connectivity index (χ2n) is 4.68. The fourth-order valence-electron chi connectivity index (χ4n) is 2.62. The summed E-state index contributed by atoms with van der Waals surface area (Å²) in [5.41, 5.74) is 0. The van der Waals surface area contributed by atoms with E-state index < -0.39 is 0 Å². The van der Waals surface area contributed by atoms with Crippen LogP contribution in [0.25, 0.3) is 0 Å². The SMILES string of the molecule is C=CCO[C@@H]1C[C@H]2OCCC[C@H]2O[C@@H]1CC=C. The van der Waals surface area contributed by atoms with Crippen LogP contribution >= 0.6 is 0 Å². The van der Waals surface area contributed by atoms with Gasteiger partial charge < -0.3 is 14.2 Å². The van der Waals surface area contributed by atoms with Crippen molar-refractivity contribution in [2.24, 2.45) is 0 Å². The summed E-state index contributed by atoms with van der Waals surface area (Å²) >= 11 is 0. The first-order valence-corrected chi connectivity index (χ1v) is 6.45. The molecule has 96 valence electrons. The lowest BCUT2D eigenvalue weighted by Crippen LogP contribution is -2.50. The molecule has 0 radical (unpaired) electrons. The number of hydrogen-bond donors (Lipinski definition) is 0. The van der Waals surface area contributed by atoms with Crippen LogP contribution in [0, 0.1) is 0 Å². The van der Waals surface area contributed by atoms with Gasteiger partial charge in [0.15, 0.2) is 0 Å². The van der Waals surface area contributed by atoms with Crippen LogP contribution in [0.1, 0.15) is 25.7 Å². The van der Waals surface area contributed by atoms with Gasteiger partial charge in [0.25, 0.3) is 0 Å². The highest BCUT2D eigenvalue weighted by Crippen LogP contribution is 2.31. The maximum absolute atomic E-state index is 6.08. The molecule has 0 saturated carbocycles. The monoisotopic (exact) mass is 238 g/mol. The molecule has 17 heavy (non-hydrogen) atoms. The molecule has 0 bridgehead atoms. The average molecular weight is 238 g/mol. The van der Waals surface area contributed by atoms with Crippen LogP contribution in [-0.2, 0) is 14.2 Å². The minimum atomic E-state index is 0.102. The Morgan fingerprint density at radius 2 is 2.12 bits per heavy atom. The molecule has 2 fully saturated rings. The van der Waals surface area contributed by atoms with Crippen LogP contribution in [-0.4, -0.2) is 37.6 Å². The Labute approximate surface area is 103 Å². The number of hydrogen-bond acceptors (Lipinski definition) is 3. The molecular weight excluding hydrogens is 216 g/mol. The number of ether oxygens (including phenoxy) is 3. The topological polar surface area (TPSA) is 27.7 Å². The summed E-state index contributed by atoms with van der Waals surface area (Å²) in [4.78, 5) is 0. The first-order valence-electron chi connectivity index (χ1n) is 6.45. The molecule has 0 unspecified atom stereocenters. The van der Waals surface area contributed by atoms with Gasteiger partial charge in [-0.15, -0.1) is 13.2 Å². The smallest absolute Gasteiger partial charge is 0.0877 e. The van der Waals surface area contributed by atoms with Crippen molar-refractivity contribution in [2.75, 3.05) is 13.2 Å². The Bertz CT molecular complexity index is 264. The van der Waals surface area contributed by atoms with Crippen molar-refractivity contribution >= 4 is 0 Å². The molecule has 2 saturated heterocycles. The third-order valence-electron chi connectivity index (χ3n) is 3.44. The summed E-state index contributed by atoms with van der Waals surface area (Å²) in [5.74, 6) is 0. The molecule has 0 aromatic rings. The third kappa shape index (κ3) is 3.18. The van der Waals surface area contributed by atoms with E-state index in [1.54, 1.807) is 6.08 Å². The fourth-order valence-corrected chi connectivity index (χ4v) is 2.62. The maximum atomic E-state index is 6.08. The van der Waals surface area contributed by atoms with E-state index in [0.29, 0.717) is 6.61 Å². The van der Waals surface area contributed by atoms with Gasteiger partial charge in [-0.2, -0.15) is 0 Å². The first kappa shape index (κ1) is 12.8. The van der Waals surface area contributed by atoms with E-state index in [1.165, 1.54) is 0 Å². The Morgan fingerprint density at radius 3 is 2.88 bits per heavy atom. The van der Waals surface area contributed by atoms with Crippen molar-refractivity contribution < 1.29 is 14.2 Å². The largest absolute Gasteiger partial charge is 0.375 e. The fraction of sp³-hybridized carbons (Fsp3) is 0.714. The number of fused-ring (bicyclic) bond motifs is 1. The molecule has 0 aromatic heterocycles. The molecule has 2 aliphatic rings. The van der Waals surface area contributed by atoms with Gasteiger partial charge in [-0.3, -0.25) is 0 Å². The lowest BCUT2D eigenvalue weighted by molar-refractivity contribution is -0.209. The Hall–Kier alpha value is -0.640. The lowest BCUT2D eigenvalue weighted by atomic mass is 9.92. The third-order valence-corrected chi connectivity index (χ3v) is 3.44. The van der Waals surface area contributed by atoms with E-state index in [1.807, 2.05) is 6.08 Å². The van der Waals surface area contributed by atoms with Gasteiger partial charge in [-0.1, -0.05) is 12.2 Å². The highest BCUT2D eigenvalue weighted by molar-refractivity contribution is 4.91. The second-order valence-corrected chi connectivity index (χ2v) is 4.68. The molecule has 3 heteroatoms. The summed E-state index contributed by atoms with van der Waals surface area (Å²) in [6.07, 6.45) is 8.32. The molecule has 0 amide bonds. The van der Waals surface area contributed by atoms with E-state index >= 15 is 0 Å². The molecule has 0 aliphatic carbocycles. The molecule has 2 aliphatic heterocycles. The molecular formula is C14H22O3. The van der Waals surface area contributed by atoms with Crippen molar-refractivity contribution in [3.8, 4) is 0 Å². The standard InChI is InChI=1S/C14H22O3/c1-3-6-11-13(15-8-4-2)10-14-12(17-11)7-5-9-16-14/h3-4,11-14H,1-2,5-10H2/t11-,12-,13-,14-/m1/s1. The molecule has 0 aromatic carbocycles. The molecule has 4 atom stereocenters. The van der Waals surface area contributed by atoms with Gasteiger partial charge in [0.1, 0.15) is 0 Å². The first-order chi connectivity index (χ1) is 8.35. The normalized spacial score (nSPS) is 37.2. The number of rotatable bonds is 5. The van der Waals surface area contributed by atoms with E-state index in [-0.39, 0.29) is 24.4 Å². The predicted octanol–water partition coefficient (Wildman–Crippen LogP) is 2.47. The van der Waals surface area contributed by atoms with Gasteiger partial charge in [0.05, 0.1) is 31.0 Å². The minimum Gasteiger partial charge on any atom is -0.375 e.